The van der Waals surface area contributed by atoms with Gasteiger partial charge in [0.25, 0.3) is 0 Å². The summed E-state index contributed by atoms with van der Waals surface area (Å²) in [5.41, 5.74) is 1.49. The van der Waals surface area contributed by atoms with Crippen LogP contribution in [0.2, 0.25) is 0 Å². The highest BCUT2D eigenvalue weighted by molar-refractivity contribution is 5.79. The largest absolute Gasteiger partial charge is 0.350 e. The van der Waals surface area contributed by atoms with E-state index in [-0.39, 0.29) is 11.9 Å². The number of aromatic nitrogens is 2. The molecule has 1 amide bonds. The lowest BCUT2D eigenvalue weighted by molar-refractivity contribution is -0.124. The molecule has 0 bridgehead atoms. The summed E-state index contributed by atoms with van der Waals surface area (Å²) in [6, 6.07) is 10.7. The number of hydrogen-bond acceptors (Lipinski definition) is 3. The predicted molar refractivity (Wildman–Crippen MR) is 69.9 cm³/mol. The first-order chi connectivity index (χ1) is 9.20. The van der Waals surface area contributed by atoms with Gasteiger partial charge in [0.15, 0.2) is 0 Å². The van der Waals surface area contributed by atoms with E-state index in [1.54, 1.807) is 48.3 Å². The molecular weight excluding hydrogens is 240 g/mol. The van der Waals surface area contributed by atoms with Crippen LogP contribution in [-0.4, -0.2) is 15.7 Å². The first-order valence-electron chi connectivity index (χ1n) is 5.96. The number of hydrogen-bond donors (Lipinski definition) is 1. The molecule has 0 fully saturated rings. The monoisotopic (exact) mass is 254 g/mol. The summed E-state index contributed by atoms with van der Waals surface area (Å²) in [6.45, 7) is 2.19. The van der Waals surface area contributed by atoms with Gasteiger partial charge in [-0.3, -0.25) is 9.48 Å². The van der Waals surface area contributed by atoms with Crippen LogP contribution in [0.4, 0.5) is 0 Å². The van der Waals surface area contributed by atoms with Gasteiger partial charge in [0.05, 0.1) is 11.6 Å². The maximum Gasteiger partial charge on any atom is 0.244 e. The average molecular weight is 254 g/mol. The first kappa shape index (κ1) is 12.8. The van der Waals surface area contributed by atoms with Crippen LogP contribution in [0.5, 0.6) is 0 Å². The van der Waals surface area contributed by atoms with Crippen LogP contribution >= 0.6 is 0 Å². The van der Waals surface area contributed by atoms with Crippen molar-refractivity contribution < 1.29 is 4.79 Å². The van der Waals surface area contributed by atoms with Crippen molar-refractivity contribution in [2.45, 2.75) is 19.5 Å². The minimum absolute atomic E-state index is 0.105. The lowest BCUT2D eigenvalue weighted by Gasteiger charge is -2.12. The van der Waals surface area contributed by atoms with Gasteiger partial charge in [-0.05, 0) is 30.7 Å². The minimum Gasteiger partial charge on any atom is -0.350 e. The molecule has 1 heterocycles. The number of nitrogens with zero attached hydrogens (tertiary/aromatic N) is 3. The van der Waals surface area contributed by atoms with Gasteiger partial charge in [-0.15, -0.1) is 0 Å². The zero-order valence-electron chi connectivity index (χ0n) is 10.6. The molecule has 5 heteroatoms. The standard InChI is InChI=1S/C14H14N4O/c1-11(18-7-3-6-17-18)14(19)16-10-13-5-2-4-12(8-13)9-15/h2-8,11H,10H2,1H3,(H,16,19). The summed E-state index contributed by atoms with van der Waals surface area (Å²) in [6.07, 6.45) is 3.39. The number of carbonyl (C=O) groups is 1. The predicted octanol–water partition coefficient (Wildman–Crippen LogP) is 1.63. The Morgan fingerprint density at radius 1 is 1.53 bits per heavy atom. The molecular formula is C14H14N4O. The molecule has 2 aromatic rings. The number of amides is 1. The topological polar surface area (TPSA) is 70.7 Å². The van der Waals surface area contributed by atoms with Crippen LogP contribution in [-0.2, 0) is 11.3 Å². The summed E-state index contributed by atoms with van der Waals surface area (Å²) in [7, 11) is 0. The molecule has 1 atom stereocenters. The lowest BCUT2D eigenvalue weighted by Crippen LogP contribution is -2.30. The summed E-state index contributed by atoms with van der Waals surface area (Å²) < 4.78 is 1.60. The molecule has 1 N–H and O–H groups in total. The number of benzene rings is 1. The Hall–Kier alpha value is -2.61. The third-order valence-corrected chi connectivity index (χ3v) is 2.82. The quantitative estimate of drug-likeness (QED) is 0.901. The molecule has 96 valence electrons. The number of rotatable bonds is 4. The number of carbonyl (C=O) groups excluding carboxylic acids is 1. The van der Waals surface area contributed by atoms with E-state index in [1.165, 1.54) is 0 Å². The van der Waals surface area contributed by atoms with E-state index in [9.17, 15) is 4.79 Å². The van der Waals surface area contributed by atoms with Crippen molar-refractivity contribution in [3.8, 4) is 6.07 Å². The Balaban J connectivity index is 1.95. The number of nitrogens with one attached hydrogen (secondary N) is 1. The maximum atomic E-state index is 11.9. The van der Waals surface area contributed by atoms with Crippen LogP contribution in [0, 0.1) is 11.3 Å². The van der Waals surface area contributed by atoms with E-state index < -0.39 is 0 Å². The Morgan fingerprint density at radius 3 is 3.05 bits per heavy atom. The smallest absolute Gasteiger partial charge is 0.244 e. The highest BCUT2D eigenvalue weighted by atomic mass is 16.2. The molecule has 0 radical (unpaired) electrons. The third-order valence-electron chi connectivity index (χ3n) is 2.82. The van der Waals surface area contributed by atoms with Crippen molar-refractivity contribution in [3.05, 3.63) is 53.9 Å². The molecule has 2 rings (SSSR count). The van der Waals surface area contributed by atoms with Gasteiger partial charge in [-0.2, -0.15) is 10.4 Å². The Labute approximate surface area is 111 Å². The molecule has 1 aromatic carbocycles. The molecule has 1 unspecified atom stereocenters. The molecule has 0 spiro atoms. The second-order valence-electron chi connectivity index (χ2n) is 4.19. The zero-order valence-corrected chi connectivity index (χ0v) is 10.6. The molecule has 0 aliphatic carbocycles. The van der Waals surface area contributed by atoms with E-state index in [2.05, 4.69) is 16.5 Å². The van der Waals surface area contributed by atoms with Gasteiger partial charge in [-0.1, -0.05) is 12.1 Å². The van der Waals surface area contributed by atoms with Crippen LogP contribution in [0.25, 0.3) is 0 Å². The first-order valence-corrected chi connectivity index (χ1v) is 5.96. The summed E-state index contributed by atoms with van der Waals surface area (Å²) >= 11 is 0. The SMILES string of the molecule is CC(C(=O)NCc1cccc(C#N)c1)n1cccn1. The summed E-state index contributed by atoms with van der Waals surface area (Å²) in [4.78, 5) is 11.9. The van der Waals surface area contributed by atoms with Gasteiger partial charge in [0.1, 0.15) is 6.04 Å². The fraction of sp³-hybridized carbons (Fsp3) is 0.214. The Bertz CT molecular complexity index is 598. The Morgan fingerprint density at radius 2 is 2.37 bits per heavy atom. The maximum absolute atomic E-state index is 11.9. The fourth-order valence-corrected chi connectivity index (χ4v) is 1.72. The normalized spacial score (nSPS) is 11.6. The van der Waals surface area contributed by atoms with Crippen LogP contribution in [0.15, 0.2) is 42.7 Å². The van der Waals surface area contributed by atoms with Crippen molar-refractivity contribution in [2.24, 2.45) is 0 Å². The van der Waals surface area contributed by atoms with Crippen molar-refractivity contribution >= 4 is 5.91 Å². The fourth-order valence-electron chi connectivity index (χ4n) is 1.72. The van der Waals surface area contributed by atoms with Crippen LogP contribution < -0.4 is 5.32 Å². The third kappa shape index (κ3) is 3.19. The molecule has 0 aliphatic heterocycles. The van der Waals surface area contributed by atoms with Crippen molar-refractivity contribution in [3.63, 3.8) is 0 Å². The van der Waals surface area contributed by atoms with Crippen molar-refractivity contribution in [1.82, 2.24) is 15.1 Å². The zero-order chi connectivity index (χ0) is 13.7. The van der Waals surface area contributed by atoms with E-state index in [0.717, 1.165) is 5.56 Å². The van der Waals surface area contributed by atoms with Gasteiger partial charge >= 0.3 is 0 Å². The molecule has 5 nitrogen and oxygen atoms in total. The highest BCUT2D eigenvalue weighted by Gasteiger charge is 2.14. The van der Waals surface area contributed by atoms with Crippen molar-refractivity contribution in [2.75, 3.05) is 0 Å². The van der Waals surface area contributed by atoms with Gasteiger partial charge in [0, 0.05) is 18.9 Å². The molecule has 1 aromatic heterocycles. The van der Waals surface area contributed by atoms with E-state index >= 15 is 0 Å². The van der Waals surface area contributed by atoms with Gasteiger partial charge in [-0.25, -0.2) is 0 Å². The molecule has 0 saturated heterocycles. The number of nitriles is 1. The van der Waals surface area contributed by atoms with E-state index in [4.69, 9.17) is 5.26 Å². The van der Waals surface area contributed by atoms with E-state index in [1.807, 2.05) is 6.07 Å². The van der Waals surface area contributed by atoms with Crippen LogP contribution in [0.3, 0.4) is 0 Å². The molecule has 0 saturated carbocycles. The molecule has 19 heavy (non-hydrogen) atoms. The Kier molecular flexibility index (Phi) is 3.94. The second-order valence-corrected chi connectivity index (χ2v) is 4.19. The lowest BCUT2D eigenvalue weighted by atomic mass is 10.1. The summed E-state index contributed by atoms with van der Waals surface area (Å²) in [5.74, 6) is -0.105. The highest BCUT2D eigenvalue weighted by Crippen LogP contribution is 2.06. The van der Waals surface area contributed by atoms with E-state index in [0.29, 0.717) is 12.1 Å². The van der Waals surface area contributed by atoms with Crippen LogP contribution in [0.1, 0.15) is 24.1 Å². The van der Waals surface area contributed by atoms with Gasteiger partial charge in [0.2, 0.25) is 5.91 Å². The molecule has 0 aliphatic rings. The van der Waals surface area contributed by atoms with Gasteiger partial charge < -0.3 is 5.32 Å². The minimum atomic E-state index is -0.353. The average Bonchev–Trinajstić information content (AvgIpc) is 2.98. The second kappa shape index (κ2) is 5.83. The summed E-state index contributed by atoms with van der Waals surface area (Å²) in [5, 5.41) is 15.7. The van der Waals surface area contributed by atoms with Crippen molar-refractivity contribution in [1.29, 1.82) is 5.26 Å².